The average molecular weight is 256 g/mol. The van der Waals surface area contributed by atoms with Gasteiger partial charge in [0.15, 0.2) is 5.75 Å². The number of nitrogens with two attached hydrogens (primary N) is 1. The average Bonchev–Trinajstić information content (AvgIpc) is 2.47. The predicted octanol–water partition coefficient (Wildman–Crippen LogP) is 3.26. The Hall–Kier alpha value is -2.00. The van der Waals surface area contributed by atoms with Crippen LogP contribution in [0.1, 0.15) is 6.92 Å². The molecule has 0 atom stereocenters. The van der Waals surface area contributed by atoms with Crippen molar-refractivity contribution in [2.24, 2.45) is 5.73 Å². The molecule has 2 N–H and O–H groups in total. The first kappa shape index (κ1) is 13.4. The summed E-state index contributed by atoms with van der Waals surface area (Å²) in [6, 6.07) is 17.9. The van der Waals surface area contributed by atoms with Crippen molar-refractivity contribution < 1.29 is 4.74 Å². The number of hydrogen-bond donors (Lipinski definition) is 1. The van der Waals surface area contributed by atoms with Gasteiger partial charge in [-0.3, -0.25) is 0 Å². The molecule has 0 aliphatic rings. The Bertz CT molecular complexity index is 499. The molecule has 2 rings (SSSR count). The molecule has 100 valence electrons. The largest absolute Gasteiger partial charge is 0.455 e. The van der Waals surface area contributed by atoms with Crippen LogP contribution in [-0.2, 0) is 0 Å². The highest BCUT2D eigenvalue weighted by Crippen LogP contribution is 2.31. The van der Waals surface area contributed by atoms with Gasteiger partial charge in [-0.2, -0.15) is 0 Å². The van der Waals surface area contributed by atoms with Gasteiger partial charge in [0, 0.05) is 19.6 Å². The molecule has 0 saturated carbocycles. The molecule has 2 aromatic carbocycles. The van der Waals surface area contributed by atoms with E-state index in [9.17, 15) is 0 Å². The van der Waals surface area contributed by atoms with Gasteiger partial charge in [-0.15, -0.1) is 0 Å². The summed E-state index contributed by atoms with van der Waals surface area (Å²) in [5, 5.41) is 0. The maximum atomic E-state index is 5.96. The molecule has 0 heterocycles. The van der Waals surface area contributed by atoms with Gasteiger partial charge in [-0.05, 0) is 31.2 Å². The molecule has 0 aromatic heterocycles. The van der Waals surface area contributed by atoms with Gasteiger partial charge in [0.05, 0.1) is 5.69 Å². The molecule has 0 aliphatic heterocycles. The van der Waals surface area contributed by atoms with E-state index in [1.54, 1.807) is 0 Å². The van der Waals surface area contributed by atoms with E-state index < -0.39 is 0 Å². The fourth-order valence-corrected chi connectivity index (χ4v) is 2.02. The maximum Gasteiger partial charge on any atom is 0.150 e. The lowest BCUT2D eigenvalue weighted by Crippen LogP contribution is -2.29. The summed E-state index contributed by atoms with van der Waals surface area (Å²) in [6.07, 6.45) is 0. The molecule has 0 spiro atoms. The first-order chi connectivity index (χ1) is 9.35. The smallest absolute Gasteiger partial charge is 0.150 e. The molecule has 0 fully saturated rings. The molecule has 0 saturated heterocycles. The van der Waals surface area contributed by atoms with Crippen LogP contribution in [0.25, 0.3) is 0 Å². The Morgan fingerprint density at radius 1 is 1.00 bits per heavy atom. The van der Waals surface area contributed by atoms with Gasteiger partial charge < -0.3 is 15.4 Å². The van der Waals surface area contributed by atoms with E-state index in [0.717, 1.165) is 30.3 Å². The van der Waals surface area contributed by atoms with Crippen LogP contribution in [0, 0.1) is 0 Å². The lowest BCUT2D eigenvalue weighted by molar-refractivity contribution is 0.481. The normalized spacial score (nSPS) is 10.2. The third kappa shape index (κ3) is 3.48. The minimum atomic E-state index is 0.632. The first-order valence-electron chi connectivity index (χ1n) is 6.62. The van der Waals surface area contributed by atoms with Crippen molar-refractivity contribution in [3.63, 3.8) is 0 Å². The highest BCUT2D eigenvalue weighted by atomic mass is 16.5. The summed E-state index contributed by atoms with van der Waals surface area (Å²) < 4.78 is 5.96. The molecule has 0 aliphatic carbocycles. The zero-order valence-corrected chi connectivity index (χ0v) is 11.3. The summed E-state index contributed by atoms with van der Waals surface area (Å²) >= 11 is 0. The lowest BCUT2D eigenvalue weighted by atomic mass is 10.2. The summed E-state index contributed by atoms with van der Waals surface area (Å²) in [6.45, 7) is 4.49. The van der Waals surface area contributed by atoms with Crippen LogP contribution in [0.2, 0.25) is 0 Å². The number of hydrogen-bond acceptors (Lipinski definition) is 3. The van der Waals surface area contributed by atoms with Crippen LogP contribution >= 0.6 is 0 Å². The maximum absolute atomic E-state index is 5.96. The Labute approximate surface area is 114 Å². The Morgan fingerprint density at radius 3 is 2.37 bits per heavy atom. The van der Waals surface area contributed by atoms with Gasteiger partial charge in [0.2, 0.25) is 0 Å². The van der Waals surface area contributed by atoms with E-state index in [4.69, 9.17) is 10.5 Å². The summed E-state index contributed by atoms with van der Waals surface area (Å²) in [5.41, 5.74) is 6.75. The summed E-state index contributed by atoms with van der Waals surface area (Å²) in [5.74, 6) is 1.71. The van der Waals surface area contributed by atoms with Crippen molar-refractivity contribution in [1.29, 1.82) is 0 Å². The second kappa shape index (κ2) is 6.81. The van der Waals surface area contributed by atoms with E-state index in [2.05, 4.69) is 17.9 Å². The Balaban J connectivity index is 2.25. The Kier molecular flexibility index (Phi) is 4.81. The van der Waals surface area contributed by atoms with Crippen molar-refractivity contribution in [2.75, 3.05) is 24.5 Å². The molecule has 19 heavy (non-hydrogen) atoms. The lowest BCUT2D eigenvalue weighted by Gasteiger charge is -2.24. The van der Waals surface area contributed by atoms with Gasteiger partial charge in [0.25, 0.3) is 0 Å². The van der Waals surface area contributed by atoms with Crippen molar-refractivity contribution in [3.05, 3.63) is 54.6 Å². The standard InChI is InChI=1S/C16H20N2O/c1-2-18(13-12-17)15-10-6-7-11-16(15)19-14-8-4-3-5-9-14/h3-11H,2,12-13,17H2,1H3. The van der Waals surface area contributed by atoms with Crippen LogP contribution < -0.4 is 15.4 Å². The van der Waals surface area contributed by atoms with E-state index >= 15 is 0 Å². The van der Waals surface area contributed by atoms with Crippen molar-refractivity contribution in [2.45, 2.75) is 6.92 Å². The number of rotatable bonds is 6. The van der Waals surface area contributed by atoms with E-state index in [1.807, 2.05) is 48.5 Å². The van der Waals surface area contributed by atoms with E-state index in [0.29, 0.717) is 6.54 Å². The molecular weight excluding hydrogens is 236 g/mol. The number of para-hydroxylation sites is 3. The van der Waals surface area contributed by atoms with Crippen molar-refractivity contribution >= 4 is 5.69 Å². The number of nitrogens with zero attached hydrogens (tertiary/aromatic N) is 1. The van der Waals surface area contributed by atoms with Crippen LogP contribution in [0.5, 0.6) is 11.5 Å². The van der Waals surface area contributed by atoms with Crippen molar-refractivity contribution in [1.82, 2.24) is 0 Å². The first-order valence-corrected chi connectivity index (χ1v) is 6.62. The third-order valence-corrected chi connectivity index (χ3v) is 2.96. The summed E-state index contributed by atoms with van der Waals surface area (Å²) in [7, 11) is 0. The SMILES string of the molecule is CCN(CCN)c1ccccc1Oc1ccccc1. The monoisotopic (exact) mass is 256 g/mol. The molecule has 0 unspecified atom stereocenters. The summed E-state index contributed by atoms with van der Waals surface area (Å²) in [4.78, 5) is 2.22. The number of benzene rings is 2. The highest BCUT2D eigenvalue weighted by Gasteiger charge is 2.10. The molecular formula is C16H20N2O. The zero-order chi connectivity index (χ0) is 13.5. The van der Waals surface area contributed by atoms with Gasteiger partial charge in [-0.25, -0.2) is 0 Å². The molecule has 3 heteroatoms. The molecule has 0 bridgehead atoms. The third-order valence-electron chi connectivity index (χ3n) is 2.96. The number of anilines is 1. The van der Waals surface area contributed by atoms with Gasteiger partial charge in [-0.1, -0.05) is 30.3 Å². The molecule has 0 amide bonds. The molecule has 2 aromatic rings. The van der Waals surface area contributed by atoms with E-state index in [-0.39, 0.29) is 0 Å². The number of likely N-dealkylation sites (N-methyl/N-ethyl adjacent to an activating group) is 1. The topological polar surface area (TPSA) is 38.5 Å². The fourth-order valence-electron chi connectivity index (χ4n) is 2.02. The zero-order valence-electron chi connectivity index (χ0n) is 11.3. The highest BCUT2D eigenvalue weighted by molar-refractivity contribution is 5.59. The molecule has 3 nitrogen and oxygen atoms in total. The number of ether oxygens (including phenoxy) is 1. The van der Waals surface area contributed by atoms with Gasteiger partial charge in [0.1, 0.15) is 5.75 Å². The van der Waals surface area contributed by atoms with Crippen molar-refractivity contribution in [3.8, 4) is 11.5 Å². The second-order valence-electron chi connectivity index (χ2n) is 4.25. The van der Waals surface area contributed by atoms with E-state index in [1.165, 1.54) is 0 Å². The second-order valence-corrected chi connectivity index (χ2v) is 4.25. The van der Waals surface area contributed by atoms with Crippen LogP contribution in [0.15, 0.2) is 54.6 Å². The fraction of sp³-hybridized carbons (Fsp3) is 0.250. The quantitative estimate of drug-likeness (QED) is 0.862. The van der Waals surface area contributed by atoms with Crippen LogP contribution in [0.4, 0.5) is 5.69 Å². The minimum Gasteiger partial charge on any atom is -0.455 e. The Morgan fingerprint density at radius 2 is 1.68 bits per heavy atom. The minimum absolute atomic E-state index is 0.632. The molecule has 0 radical (unpaired) electrons. The van der Waals surface area contributed by atoms with Gasteiger partial charge >= 0.3 is 0 Å². The van der Waals surface area contributed by atoms with Crippen LogP contribution in [0.3, 0.4) is 0 Å². The van der Waals surface area contributed by atoms with Crippen LogP contribution in [-0.4, -0.2) is 19.6 Å². The predicted molar refractivity (Wildman–Crippen MR) is 79.9 cm³/mol.